The second-order valence-corrected chi connectivity index (χ2v) is 4.95. The Morgan fingerprint density at radius 2 is 1.52 bits per heavy atom. The minimum atomic E-state index is -0.287. The lowest BCUT2D eigenvalue weighted by molar-refractivity contribution is 0.0471. The van der Waals surface area contributed by atoms with Crippen LogP contribution in [0.1, 0.15) is 21.5 Å². The van der Waals surface area contributed by atoms with Crippen molar-refractivity contribution in [2.75, 3.05) is 14.1 Å². The summed E-state index contributed by atoms with van der Waals surface area (Å²) in [7, 11) is 4.04. The SMILES string of the molecule is CN(C)Cc1ccccc1COC(=O)c1ccccc1.Cl. The summed E-state index contributed by atoms with van der Waals surface area (Å²) in [6.45, 7) is 1.14. The molecule has 0 aliphatic rings. The van der Waals surface area contributed by atoms with E-state index in [-0.39, 0.29) is 18.4 Å². The molecular formula is C17H20ClNO2. The molecule has 0 unspecified atom stereocenters. The zero-order valence-electron chi connectivity index (χ0n) is 12.3. The molecular weight excluding hydrogens is 286 g/mol. The third-order valence-corrected chi connectivity index (χ3v) is 2.97. The van der Waals surface area contributed by atoms with Crippen molar-refractivity contribution in [3.8, 4) is 0 Å². The summed E-state index contributed by atoms with van der Waals surface area (Å²) in [5.74, 6) is -0.287. The lowest BCUT2D eigenvalue weighted by Gasteiger charge is -2.14. The lowest BCUT2D eigenvalue weighted by Crippen LogP contribution is -2.13. The van der Waals surface area contributed by atoms with Crippen LogP contribution in [0.4, 0.5) is 0 Å². The highest BCUT2D eigenvalue weighted by molar-refractivity contribution is 5.89. The van der Waals surface area contributed by atoms with Gasteiger partial charge in [-0.1, -0.05) is 42.5 Å². The third kappa shape index (κ3) is 5.21. The number of nitrogens with zero attached hydrogens (tertiary/aromatic N) is 1. The molecule has 0 N–H and O–H groups in total. The zero-order chi connectivity index (χ0) is 14.4. The second kappa shape index (κ2) is 8.45. The van der Waals surface area contributed by atoms with Crippen LogP contribution < -0.4 is 0 Å². The van der Waals surface area contributed by atoms with E-state index >= 15 is 0 Å². The largest absolute Gasteiger partial charge is 0.457 e. The van der Waals surface area contributed by atoms with Crippen LogP contribution in [0.15, 0.2) is 54.6 Å². The predicted molar refractivity (Wildman–Crippen MR) is 86.6 cm³/mol. The summed E-state index contributed by atoms with van der Waals surface area (Å²) < 4.78 is 5.38. The molecule has 0 fully saturated rings. The number of hydrogen-bond acceptors (Lipinski definition) is 3. The van der Waals surface area contributed by atoms with Crippen LogP contribution >= 0.6 is 12.4 Å². The van der Waals surface area contributed by atoms with Crippen molar-refractivity contribution in [3.05, 3.63) is 71.3 Å². The molecule has 4 heteroatoms. The Labute approximate surface area is 132 Å². The van der Waals surface area contributed by atoms with Crippen molar-refractivity contribution in [1.82, 2.24) is 4.90 Å². The summed E-state index contributed by atoms with van der Waals surface area (Å²) in [5, 5.41) is 0. The van der Waals surface area contributed by atoms with Crippen LogP contribution in [0.2, 0.25) is 0 Å². The molecule has 0 bridgehead atoms. The molecule has 0 atom stereocenters. The number of esters is 1. The Morgan fingerprint density at radius 1 is 0.952 bits per heavy atom. The van der Waals surface area contributed by atoms with Crippen molar-refractivity contribution >= 4 is 18.4 Å². The Hall–Kier alpha value is -1.84. The van der Waals surface area contributed by atoms with Crippen molar-refractivity contribution in [1.29, 1.82) is 0 Å². The molecule has 2 rings (SSSR count). The first kappa shape index (κ1) is 17.2. The van der Waals surface area contributed by atoms with Gasteiger partial charge in [0.2, 0.25) is 0 Å². The van der Waals surface area contributed by atoms with Gasteiger partial charge >= 0.3 is 5.97 Å². The summed E-state index contributed by atoms with van der Waals surface area (Å²) in [5.41, 5.74) is 2.81. The van der Waals surface area contributed by atoms with E-state index < -0.39 is 0 Å². The van der Waals surface area contributed by atoms with Crippen LogP contribution in [-0.2, 0) is 17.9 Å². The molecule has 0 aromatic heterocycles. The lowest BCUT2D eigenvalue weighted by atomic mass is 10.1. The van der Waals surface area contributed by atoms with Gasteiger partial charge in [-0.2, -0.15) is 0 Å². The van der Waals surface area contributed by atoms with E-state index in [4.69, 9.17) is 4.74 Å². The number of ether oxygens (including phenoxy) is 1. The van der Waals surface area contributed by atoms with E-state index in [0.717, 1.165) is 12.1 Å². The topological polar surface area (TPSA) is 29.5 Å². The average molecular weight is 306 g/mol. The Kier molecular flexibility index (Phi) is 6.92. The summed E-state index contributed by atoms with van der Waals surface area (Å²) in [6, 6.07) is 17.1. The maximum Gasteiger partial charge on any atom is 0.338 e. The fourth-order valence-corrected chi connectivity index (χ4v) is 1.99. The Bertz CT molecular complexity index is 570. The first-order valence-corrected chi connectivity index (χ1v) is 6.60. The Balaban J connectivity index is 0.00000220. The highest BCUT2D eigenvalue weighted by atomic mass is 35.5. The van der Waals surface area contributed by atoms with Gasteiger partial charge in [-0.25, -0.2) is 4.79 Å². The minimum Gasteiger partial charge on any atom is -0.457 e. The van der Waals surface area contributed by atoms with Gasteiger partial charge in [-0.15, -0.1) is 12.4 Å². The number of rotatable bonds is 5. The molecule has 21 heavy (non-hydrogen) atoms. The molecule has 0 aliphatic heterocycles. The monoisotopic (exact) mass is 305 g/mol. The molecule has 0 spiro atoms. The fourth-order valence-electron chi connectivity index (χ4n) is 1.99. The van der Waals surface area contributed by atoms with E-state index in [1.165, 1.54) is 5.56 Å². The van der Waals surface area contributed by atoms with Gasteiger partial charge < -0.3 is 9.64 Å². The number of carbonyl (C=O) groups is 1. The quantitative estimate of drug-likeness (QED) is 0.792. The molecule has 3 nitrogen and oxygen atoms in total. The van der Waals surface area contributed by atoms with Gasteiger partial charge in [-0.05, 0) is 37.4 Å². The maximum atomic E-state index is 11.9. The molecule has 0 saturated carbocycles. The minimum absolute atomic E-state index is 0. The molecule has 0 radical (unpaired) electrons. The normalized spacial score (nSPS) is 10.0. The maximum absolute atomic E-state index is 11.9. The van der Waals surface area contributed by atoms with Crippen LogP contribution in [-0.4, -0.2) is 25.0 Å². The zero-order valence-corrected chi connectivity index (χ0v) is 13.1. The number of halogens is 1. The first-order chi connectivity index (χ1) is 9.66. The van der Waals surface area contributed by atoms with Crippen LogP contribution in [0.5, 0.6) is 0 Å². The molecule has 2 aromatic carbocycles. The summed E-state index contributed by atoms with van der Waals surface area (Å²) >= 11 is 0. The number of benzene rings is 2. The number of hydrogen-bond donors (Lipinski definition) is 0. The Morgan fingerprint density at radius 3 is 2.14 bits per heavy atom. The predicted octanol–water partition coefficient (Wildman–Crippen LogP) is 3.53. The molecule has 112 valence electrons. The van der Waals surface area contributed by atoms with Crippen LogP contribution in [0.25, 0.3) is 0 Å². The molecule has 0 aliphatic carbocycles. The highest BCUT2D eigenvalue weighted by Crippen LogP contribution is 2.13. The fraction of sp³-hybridized carbons (Fsp3) is 0.235. The smallest absolute Gasteiger partial charge is 0.338 e. The number of carbonyl (C=O) groups excluding carboxylic acids is 1. The molecule has 2 aromatic rings. The van der Waals surface area contributed by atoms with Crippen LogP contribution in [0.3, 0.4) is 0 Å². The van der Waals surface area contributed by atoms with E-state index in [9.17, 15) is 4.79 Å². The standard InChI is InChI=1S/C17H19NO2.ClH/c1-18(2)12-15-10-6-7-11-16(15)13-20-17(19)14-8-4-3-5-9-14;/h3-11H,12-13H2,1-2H3;1H. The van der Waals surface area contributed by atoms with Gasteiger partial charge in [0.1, 0.15) is 6.61 Å². The molecule has 0 amide bonds. The molecule has 0 heterocycles. The van der Waals surface area contributed by atoms with Gasteiger partial charge in [0.05, 0.1) is 5.56 Å². The van der Waals surface area contributed by atoms with Crippen molar-refractivity contribution < 1.29 is 9.53 Å². The molecule has 0 saturated heterocycles. The van der Waals surface area contributed by atoms with Crippen molar-refractivity contribution in [2.45, 2.75) is 13.2 Å². The van der Waals surface area contributed by atoms with E-state index in [0.29, 0.717) is 12.2 Å². The van der Waals surface area contributed by atoms with Crippen LogP contribution in [0, 0.1) is 0 Å². The van der Waals surface area contributed by atoms with E-state index in [1.807, 2.05) is 50.5 Å². The van der Waals surface area contributed by atoms with E-state index in [2.05, 4.69) is 11.0 Å². The van der Waals surface area contributed by atoms with Crippen molar-refractivity contribution in [3.63, 3.8) is 0 Å². The first-order valence-electron chi connectivity index (χ1n) is 6.60. The average Bonchev–Trinajstić information content (AvgIpc) is 2.46. The third-order valence-electron chi connectivity index (χ3n) is 2.97. The van der Waals surface area contributed by atoms with Crippen molar-refractivity contribution in [2.24, 2.45) is 0 Å². The van der Waals surface area contributed by atoms with Gasteiger partial charge in [0.25, 0.3) is 0 Å². The van der Waals surface area contributed by atoms with Gasteiger partial charge in [0.15, 0.2) is 0 Å². The van der Waals surface area contributed by atoms with Gasteiger partial charge in [0, 0.05) is 6.54 Å². The highest BCUT2D eigenvalue weighted by Gasteiger charge is 2.08. The summed E-state index contributed by atoms with van der Waals surface area (Å²) in [6.07, 6.45) is 0. The second-order valence-electron chi connectivity index (χ2n) is 4.95. The van der Waals surface area contributed by atoms with Gasteiger partial charge in [-0.3, -0.25) is 0 Å². The summed E-state index contributed by atoms with van der Waals surface area (Å²) in [4.78, 5) is 14.0. The van der Waals surface area contributed by atoms with E-state index in [1.54, 1.807) is 12.1 Å².